The summed E-state index contributed by atoms with van der Waals surface area (Å²) in [5.74, 6) is -3.79. The monoisotopic (exact) mass is 1440 g/mol. The Kier molecular flexibility index (Phi) is 51.3. The van der Waals surface area contributed by atoms with Crippen LogP contribution >= 0.6 is 15.6 Å². The highest BCUT2D eigenvalue weighted by Crippen LogP contribution is 2.43. The Morgan fingerprint density at radius 3 is 1.35 bits per heavy atom. The van der Waals surface area contributed by atoms with Crippen LogP contribution in [0.2, 0.25) is 0 Å². The lowest BCUT2D eigenvalue weighted by molar-refractivity contribution is -0.312. The average molecular weight is 1440 g/mol. The van der Waals surface area contributed by atoms with Crippen LogP contribution in [0.1, 0.15) is 317 Å². The largest absolute Gasteiger partial charge is 0.470 e. The number of amides is 4. The third kappa shape index (κ3) is 42.4. The summed E-state index contributed by atoms with van der Waals surface area (Å²) in [5, 5.41) is 46.3. The summed E-state index contributed by atoms with van der Waals surface area (Å²) < 4.78 is 65.0. The first-order valence-electron chi connectivity index (χ1n) is 37.9. The van der Waals surface area contributed by atoms with E-state index in [1.807, 2.05) is 0 Å². The second-order valence-electron chi connectivity index (χ2n) is 27.0. The normalized spacial score (nSPS) is 21.9. The van der Waals surface area contributed by atoms with Gasteiger partial charge < -0.3 is 79.8 Å². The number of ether oxygens (including phenoxy) is 5. The van der Waals surface area contributed by atoms with Crippen LogP contribution in [-0.4, -0.2) is 164 Å². The maximum Gasteiger partial charge on any atom is 0.470 e. The Labute approximate surface area is 586 Å². The van der Waals surface area contributed by atoms with Gasteiger partial charge in [0.05, 0.1) is 19.8 Å². The van der Waals surface area contributed by atoms with E-state index in [0.29, 0.717) is 64.3 Å². The maximum absolute atomic E-state index is 14.1. The van der Waals surface area contributed by atoms with Gasteiger partial charge in [0.2, 0.25) is 23.6 Å². The van der Waals surface area contributed by atoms with Crippen LogP contribution in [-0.2, 0) is 70.6 Å². The second kappa shape index (κ2) is 55.4. The van der Waals surface area contributed by atoms with Crippen molar-refractivity contribution in [2.75, 3.05) is 32.9 Å². The van der Waals surface area contributed by atoms with Gasteiger partial charge in [-0.3, -0.25) is 37.8 Å². The minimum atomic E-state index is -5.52. The molecule has 2 aliphatic rings. The molecule has 0 aromatic rings. The molecule has 10 atom stereocenters. The lowest BCUT2D eigenvalue weighted by atomic mass is 9.80. The van der Waals surface area contributed by atoms with Gasteiger partial charge in [-0.15, -0.1) is 0 Å². The van der Waals surface area contributed by atoms with Crippen molar-refractivity contribution in [3.05, 3.63) is 0 Å². The summed E-state index contributed by atoms with van der Waals surface area (Å²) in [4.78, 5) is 121. The number of hydrogen-bond acceptors (Lipinski definition) is 18. The number of hydrogen-bond donors (Lipinski definition) is 11. The number of rotatable bonds is 62. The molecule has 0 spiro atoms. The molecule has 2 aliphatic heterocycles. The number of phosphoric ester groups is 2. The molecule has 4 amide bonds. The van der Waals surface area contributed by atoms with Crippen molar-refractivity contribution in [3.8, 4) is 0 Å². The first-order chi connectivity index (χ1) is 47.0. The standard InChI is InChI=1S/C70H132N4O22P2/c1-5-9-13-16-19-22-24-27-30-34-40-46-59(78)73-63-66(94-62(81)52-72-58(77)45-39-33-29-26-21-18-15-11-7-3)65(96-98(87,88)89)55(53-75)92-68(63)90-54-56-64(82)67(95-61(80)48-42-36-31-28-25-23-20-17-14-10-6-2)70(69(83)93-56,49-51-91-97(84,85)86)74-60(79)47-41-35-32-37-43-50-71-57(76)44-38-12-8-4/h55-56,63-69,75,82-83H,5-54H2,1-4H3,(H,71,76)(H,72,77)(H,73,78)(H,74,79)(H2,84,85,86)(H2,87,88,89)/t55-,56-,63-,64-,65-,66-,67+,68-,69+,70-/m1/s1. The molecule has 0 radical (unpaired) electrons. The van der Waals surface area contributed by atoms with E-state index in [9.17, 15) is 72.8 Å². The molecule has 2 saturated heterocycles. The average Bonchev–Trinajstić information content (AvgIpc) is 0.769. The third-order valence-electron chi connectivity index (χ3n) is 18.3. The number of carbonyl (C=O) groups is 6. The van der Waals surface area contributed by atoms with Crippen LogP contribution in [0.4, 0.5) is 0 Å². The van der Waals surface area contributed by atoms with E-state index in [2.05, 4.69) is 49.0 Å². The summed E-state index contributed by atoms with van der Waals surface area (Å²) in [5.41, 5.74) is -2.34. The SMILES string of the molecule is CCCCCCCCCCCCCC(=O)N[C@H]1[C@H](OC[C@H]2O[C@H](O)[C@](CCOP(=O)(O)O)(NC(=O)CCCCCCCNC(=O)CCCCC)[C@@H](OC(=O)CCCCCCCCCCCCC)[C@@H]2O)O[C@H](CO)[C@@H](OP(=O)(O)O)[C@@H]1OC(=O)CNC(=O)CCCCCCCCCCC. The van der Waals surface area contributed by atoms with Crippen LogP contribution < -0.4 is 21.3 Å². The number of carbonyl (C=O) groups excluding carboxylic acids is 6. The Morgan fingerprint density at radius 2 is 0.878 bits per heavy atom. The van der Waals surface area contributed by atoms with E-state index in [0.717, 1.165) is 148 Å². The van der Waals surface area contributed by atoms with Crippen LogP contribution in [0.5, 0.6) is 0 Å². The first-order valence-corrected chi connectivity index (χ1v) is 41.0. The van der Waals surface area contributed by atoms with E-state index in [1.54, 1.807) is 0 Å². The summed E-state index contributed by atoms with van der Waals surface area (Å²) >= 11 is 0. The third-order valence-corrected chi connectivity index (χ3v) is 19.3. The number of phosphoric acid groups is 2. The molecule has 574 valence electrons. The van der Waals surface area contributed by atoms with Crippen LogP contribution in [0.3, 0.4) is 0 Å². The minimum Gasteiger partial charge on any atom is -0.457 e. The van der Waals surface area contributed by atoms with Crippen molar-refractivity contribution in [2.45, 2.75) is 377 Å². The molecule has 98 heavy (non-hydrogen) atoms. The molecule has 0 unspecified atom stereocenters. The highest BCUT2D eigenvalue weighted by molar-refractivity contribution is 7.46. The van der Waals surface area contributed by atoms with Crippen molar-refractivity contribution in [3.63, 3.8) is 0 Å². The molecule has 26 nitrogen and oxygen atoms in total. The van der Waals surface area contributed by atoms with Crippen molar-refractivity contribution in [1.29, 1.82) is 0 Å². The van der Waals surface area contributed by atoms with Gasteiger partial charge in [0.15, 0.2) is 24.8 Å². The molecule has 0 aromatic carbocycles. The van der Waals surface area contributed by atoms with Crippen molar-refractivity contribution in [1.82, 2.24) is 21.3 Å². The van der Waals surface area contributed by atoms with Gasteiger partial charge in [0, 0.05) is 45.1 Å². The Bertz CT molecular complexity index is 2230. The molecule has 28 heteroatoms. The van der Waals surface area contributed by atoms with Gasteiger partial charge in [0.25, 0.3) is 0 Å². The number of aliphatic hydroxyl groups is 3. The molecule has 2 fully saturated rings. The molecule has 2 rings (SSSR count). The van der Waals surface area contributed by atoms with Crippen LogP contribution in [0.15, 0.2) is 0 Å². The summed E-state index contributed by atoms with van der Waals surface area (Å²) in [6.07, 6.45) is 20.8. The summed E-state index contributed by atoms with van der Waals surface area (Å²) in [7, 11) is -10.7. The highest BCUT2D eigenvalue weighted by Gasteiger charge is 2.59. The quantitative estimate of drug-likeness (QED) is 0.0153. The van der Waals surface area contributed by atoms with E-state index >= 15 is 0 Å². The lowest BCUT2D eigenvalue weighted by Crippen LogP contribution is -2.74. The smallest absolute Gasteiger partial charge is 0.457 e. The van der Waals surface area contributed by atoms with E-state index in [1.165, 1.54) is 51.4 Å². The Morgan fingerprint density at radius 1 is 0.459 bits per heavy atom. The zero-order chi connectivity index (χ0) is 72.3. The lowest BCUT2D eigenvalue weighted by Gasteiger charge is -2.51. The Hall–Kier alpha value is -3.20. The highest BCUT2D eigenvalue weighted by atomic mass is 31.2. The van der Waals surface area contributed by atoms with Gasteiger partial charge in [-0.1, -0.05) is 240 Å². The van der Waals surface area contributed by atoms with E-state index in [4.69, 9.17) is 32.7 Å². The predicted octanol–water partition coefficient (Wildman–Crippen LogP) is 11.4. The predicted molar refractivity (Wildman–Crippen MR) is 373 cm³/mol. The topological polar surface area (TPSA) is 391 Å². The van der Waals surface area contributed by atoms with Crippen LogP contribution in [0, 0.1) is 0 Å². The van der Waals surface area contributed by atoms with Gasteiger partial charge in [-0.05, 0) is 38.5 Å². The molecule has 0 aliphatic carbocycles. The van der Waals surface area contributed by atoms with Gasteiger partial charge in [0.1, 0.15) is 42.5 Å². The maximum atomic E-state index is 14.1. The minimum absolute atomic E-state index is 0.00141. The molecule has 0 saturated carbocycles. The van der Waals surface area contributed by atoms with Crippen LogP contribution in [0.25, 0.3) is 0 Å². The Balaban J connectivity index is 2.53. The number of nitrogens with one attached hydrogen (secondary N) is 4. The van der Waals surface area contributed by atoms with Gasteiger partial charge in [-0.2, -0.15) is 0 Å². The second-order valence-corrected chi connectivity index (χ2v) is 29.4. The fraction of sp³-hybridized carbons (Fsp3) is 0.914. The zero-order valence-electron chi connectivity index (χ0n) is 60.2. The van der Waals surface area contributed by atoms with Crippen molar-refractivity contribution >= 4 is 51.2 Å². The zero-order valence-corrected chi connectivity index (χ0v) is 62.0. The summed E-state index contributed by atoms with van der Waals surface area (Å²) in [6.45, 7) is 5.62. The molecular formula is C70H132N4O22P2. The van der Waals surface area contributed by atoms with E-state index < -0.39 is 139 Å². The first kappa shape index (κ1) is 90.9. The van der Waals surface area contributed by atoms with E-state index in [-0.39, 0.29) is 31.6 Å². The number of unbranched alkanes of at least 4 members (excludes halogenated alkanes) is 34. The summed E-state index contributed by atoms with van der Waals surface area (Å²) in [6, 6.07) is -1.72. The molecule has 0 bridgehead atoms. The molecule has 0 aromatic heterocycles. The molecule has 2 heterocycles. The molecular weight excluding hydrogens is 1310 g/mol. The fourth-order valence-corrected chi connectivity index (χ4v) is 13.5. The molecule has 11 N–H and O–H groups in total. The number of aliphatic hydroxyl groups excluding tert-OH is 3. The van der Waals surface area contributed by atoms with Crippen molar-refractivity contribution in [2.24, 2.45) is 0 Å². The van der Waals surface area contributed by atoms with Gasteiger partial charge >= 0.3 is 27.6 Å². The van der Waals surface area contributed by atoms with Crippen molar-refractivity contribution < 1.29 is 106 Å². The number of esters is 2. The van der Waals surface area contributed by atoms with Gasteiger partial charge in [-0.25, -0.2) is 9.13 Å². The fourth-order valence-electron chi connectivity index (χ4n) is 12.6.